The Labute approximate surface area is 118 Å². The van der Waals surface area contributed by atoms with E-state index in [1.807, 2.05) is 0 Å². The van der Waals surface area contributed by atoms with Crippen molar-refractivity contribution in [2.75, 3.05) is 11.1 Å². The molecule has 3 N–H and O–H groups in total. The maximum absolute atomic E-state index is 12.0. The highest BCUT2D eigenvalue weighted by atomic mass is 35.5. The second-order valence-electron chi connectivity index (χ2n) is 3.81. The lowest BCUT2D eigenvalue weighted by Crippen LogP contribution is -2.16. The smallest absolute Gasteiger partial charge is 0.292 e. The first-order chi connectivity index (χ1) is 9.49. The molecule has 0 saturated heterocycles. The minimum atomic E-state index is -0.645. The standard InChI is InChI=1S/C12H9ClN4O3/c13-7-3-4-10(17(19)20)9(6-7)16-12(18)11-8(14)2-1-5-15-11/h1-6H,14H2,(H,16,18). The topological polar surface area (TPSA) is 111 Å². The SMILES string of the molecule is Nc1cccnc1C(=O)Nc1cc(Cl)ccc1[N+](=O)[O-]. The third-order valence-corrected chi connectivity index (χ3v) is 2.69. The van der Waals surface area contributed by atoms with Gasteiger partial charge in [-0.1, -0.05) is 11.6 Å². The van der Waals surface area contributed by atoms with E-state index >= 15 is 0 Å². The third kappa shape index (κ3) is 2.83. The van der Waals surface area contributed by atoms with Crippen molar-refractivity contribution in [2.45, 2.75) is 0 Å². The Morgan fingerprint density at radius 1 is 1.40 bits per heavy atom. The number of nitro benzene ring substituents is 1. The predicted molar refractivity (Wildman–Crippen MR) is 74.7 cm³/mol. The van der Waals surface area contributed by atoms with Crippen LogP contribution >= 0.6 is 11.6 Å². The highest BCUT2D eigenvalue weighted by Crippen LogP contribution is 2.28. The van der Waals surface area contributed by atoms with Crippen LogP contribution < -0.4 is 11.1 Å². The lowest BCUT2D eigenvalue weighted by atomic mass is 10.2. The van der Waals surface area contributed by atoms with Crippen molar-refractivity contribution < 1.29 is 9.72 Å². The molecular weight excluding hydrogens is 284 g/mol. The lowest BCUT2D eigenvalue weighted by molar-refractivity contribution is -0.383. The maximum atomic E-state index is 12.0. The summed E-state index contributed by atoms with van der Waals surface area (Å²) in [5.74, 6) is -0.645. The second-order valence-corrected chi connectivity index (χ2v) is 4.25. The number of carbonyl (C=O) groups is 1. The zero-order valence-corrected chi connectivity index (χ0v) is 10.8. The van der Waals surface area contributed by atoms with Crippen molar-refractivity contribution in [3.8, 4) is 0 Å². The molecule has 8 heteroatoms. The van der Waals surface area contributed by atoms with Crippen LogP contribution in [0, 0.1) is 10.1 Å². The Bertz CT molecular complexity index is 690. The van der Waals surface area contributed by atoms with Gasteiger partial charge in [-0.3, -0.25) is 14.9 Å². The van der Waals surface area contributed by atoms with Crippen LogP contribution in [0.3, 0.4) is 0 Å². The number of anilines is 2. The van der Waals surface area contributed by atoms with Crippen molar-refractivity contribution >= 4 is 34.6 Å². The largest absolute Gasteiger partial charge is 0.397 e. The van der Waals surface area contributed by atoms with Gasteiger partial charge in [-0.2, -0.15) is 0 Å². The summed E-state index contributed by atoms with van der Waals surface area (Å²) in [6.45, 7) is 0. The fourth-order valence-corrected chi connectivity index (χ4v) is 1.73. The number of carbonyl (C=O) groups excluding carboxylic acids is 1. The molecule has 0 radical (unpaired) electrons. The molecule has 102 valence electrons. The number of amides is 1. The van der Waals surface area contributed by atoms with Gasteiger partial charge in [-0.05, 0) is 24.3 Å². The van der Waals surface area contributed by atoms with E-state index in [2.05, 4.69) is 10.3 Å². The summed E-state index contributed by atoms with van der Waals surface area (Å²) in [7, 11) is 0. The van der Waals surface area contributed by atoms with Gasteiger partial charge in [0, 0.05) is 17.3 Å². The number of nitrogens with zero attached hydrogens (tertiary/aromatic N) is 2. The summed E-state index contributed by atoms with van der Waals surface area (Å²) in [5.41, 5.74) is 5.50. The number of hydrogen-bond acceptors (Lipinski definition) is 5. The number of nitrogens with one attached hydrogen (secondary N) is 1. The van der Waals surface area contributed by atoms with Crippen LogP contribution in [0.25, 0.3) is 0 Å². The molecular formula is C12H9ClN4O3. The van der Waals surface area contributed by atoms with Gasteiger partial charge in [-0.15, -0.1) is 0 Å². The molecule has 0 bridgehead atoms. The molecule has 1 heterocycles. The Morgan fingerprint density at radius 2 is 2.15 bits per heavy atom. The number of nitrogens with two attached hydrogens (primary N) is 1. The van der Waals surface area contributed by atoms with Gasteiger partial charge in [0.1, 0.15) is 5.69 Å². The van der Waals surface area contributed by atoms with Crippen molar-refractivity contribution in [1.29, 1.82) is 0 Å². The number of pyridine rings is 1. The summed E-state index contributed by atoms with van der Waals surface area (Å²) in [4.78, 5) is 26.1. The highest BCUT2D eigenvalue weighted by Gasteiger charge is 2.18. The Morgan fingerprint density at radius 3 is 2.80 bits per heavy atom. The number of hydrogen-bond donors (Lipinski definition) is 2. The first kappa shape index (κ1) is 13.8. The normalized spacial score (nSPS) is 10.1. The van der Waals surface area contributed by atoms with Crippen LogP contribution in [-0.2, 0) is 0 Å². The molecule has 0 spiro atoms. The van der Waals surface area contributed by atoms with E-state index in [1.54, 1.807) is 6.07 Å². The average Bonchev–Trinajstić information content (AvgIpc) is 2.38. The summed E-state index contributed by atoms with van der Waals surface area (Å²) in [6.07, 6.45) is 1.40. The van der Waals surface area contributed by atoms with E-state index in [0.717, 1.165) is 0 Å². The van der Waals surface area contributed by atoms with Crippen molar-refractivity contribution in [2.24, 2.45) is 0 Å². The monoisotopic (exact) mass is 292 g/mol. The van der Waals surface area contributed by atoms with Gasteiger partial charge in [-0.25, -0.2) is 4.98 Å². The molecule has 0 aliphatic heterocycles. The number of benzene rings is 1. The summed E-state index contributed by atoms with van der Waals surface area (Å²) < 4.78 is 0. The second kappa shape index (κ2) is 5.54. The third-order valence-electron chi connectivity index (χ3n) is 2.46. The molecule has 1 aromatic heterocycles. The molecule has 20 heavy (non-hydrogen) atoms. The molecule has 0 saturated carbocycles. The zero-order chi connectivity index (χ0) is 14.7. The molecule has 0 aliphatic carbocycles. The van der Waals surface area contributed by atoms with Gasteiger partial charge >= 0.3 is 0 Å². The van der Waals surface area contributed by atoms with Crippen LogP contribution in [-0.4, -0.2) is 15.8 Å². The van der Waals surface area contributed by atoms with E-state index in [9.17, 15) is 14.9 Å². The maximum Gasteiger partial charge on any atom is 0.292 e. The Balaban J connectivity index is 2.35. The summed E-state index contributed by atoms with van der Waals surface area (Å²) >= 11 is 5.77. The fourth-order valence-electron chi connectivity index (χ4n) is 1.56. The average molecular weight is 293 g/mol. The van der Waals surface area contributed by atoms with E-state index in [0.29, 0.717) is 0 Å². The van der Waals surface area contributed by atoms with Crippen LogP contribution in [0.4, 0.5) is 17.1 Å². The number of nitrogen functional groups attached to an aromatic ring is 1. The van der Waals surface area contributed by atoms with Gasteiger partial charge in [0.15, 0.2) is 5.69 Å². The van der Waals surface area contributed by atoms with Crippen molar-refractivity contribution in [1.82, 2.24) is 4.98 Å². The fraction of sp³-hybridized carbons (Fsp3) is 0. The highest BCUT2D eigenvalue weighted by molar-refractivity contribution is 6.31. The molecule has 0 unspecified atom stereocenters. The van der Waals surface area contributed by atoms with Gasteiger partial charge in [0.25, 0.3) is 11.6 Å². The molecule has 2 aromatic rings. The van der Waals surface area contributed by atoms with Crippen LogP contribution in [0.15, 0.2) is 36.5 Å². The van der Waals surface area contributed by atoms with Gasteiger partial charge in [0.2, 0.25) is 0 Å². The van der Waals surface area contributed by atoms with Crippen LogP contribution in [0.1, 0.15) is 10.5 Å². The number of aromatic nitrogens is 1. The quantitative estimate of drug-likeness (QED) is 0.667. The van der Waals surface area contributed by atoms with Crippen LogP contribution in [0.2, 0.25) is 5.02 Å². The predicted octanol–water partition coefficient (Wildman–Crippen LogP) is 2.48. The molecule has 2 rings (SSSR count). The summed E-state index contributed by atoms with van der Waals surface area (Å²) in [5, 5.41) is 13.5. The van der Waals surface area contributed by atoms with Crippen molar-refractivity contribution in [3.05, 3.63) is 57.4 Å². The van der Waals surface area contributed by atoms with E-state index < -0.39 is 10.8 Å². The van der Waals surface area contributed by atoms with Gasteiger partial charge in [0.05, 0.1) is 10.6 Å². The van der Waals surface area contributed by atoms with Gasteiger partial charge < -0.3 is 11.1 Å². The minimum Gasteiger partial charge on any atom is -0.397 e. The van der Waals surface area contributed by atoms with E-state index in [1.165, 1.54) is 30.5 Å². The first-order valence-electron chi connectivity index (χ1n) is 5.45. The molecule has 1 aromatic carbocycles. The molecule has 1 amide bonds. The van der Waals surface area contributed by atoms with Crippen molar-refractivity contribution in [3.63, 3.8) is 0 Å². The number of rotatable bonds is 3. The molecule has 0 atom stereocenters. The molecule has 0 aliphatic rings. The summed E-state index contributed by atoms with van der Waals surface area (Å²) in [6, 6.07) is 6.95. The first-order valence-corrected chi connectivity index (χ1v) is 5.82. The molecule has 7 nitrogen and oxygen atoms in total. The Hall–Kier alpha value is -2.67. The number of halogens is 1. The lowest BCUT2D eigenvalue weighted by Gasteiger charge is -2.07. The number of nitro groups is 1. The van der Waals surface area contributed by atoms with E-state index in [-0.39, 0.29) is 27.8 Å². The van der Waals surface area contributed by atoms with E-state index in [4.69, 9.17) is 17.3 Å². The minimum absolute atomic E-state index is 0.0122. The zero-order valence-electron chi connectivity index (χ0n) is 10.0. The van der Waals surface area contributed by atoms with Crippen LogP contribution in [0.5, 0.6) is 0 Å². The Kier molecular flexibility index (Phi) is 3.81. The molecule has 0 fully saturated rings.